The first-order valence-corrected chi connectivity index (χ1v) is 8.24. The van der Waals surface area contributed by atoms with Crippen molar-refractivity contribution in [2.75, 3.05) is 0 Å². The normalized spacial score (nSPS) is 26.2. The first kappa shape index (κ1) is 15.7. The highest BCUT2D eigenvalue weighted by atomic mass is 127. The fourth-order valence-corrected chi connectivity index (χ4v) is 3.09. The monoisotopic (exact) mass is 386 g/mol. The van der Waals surface area contributed by atoms with Crippen molar-refractivity contribution in [1.82, 2.24) is 0 Å². The molecule has 0 spiro atoms. The lowest BCUT2D eigenvalue weighted by Crippen LogP contribution is -2.28. The quantitative estimate of drug-likeness (QED) is 0.385. The number of halogens is 2. The highest BCUT2D eigenvalue weighted by Gasteiger charge is 2.32. The van der Waals surface area contributed by atoms with E-state index >= 15 is 4.39 Å². The van der Waals surface area contributed by atoms with Crippen LogP contribution in [0.1, 0.15) is 54.9 Å². The maximum atomic E-state index is 15.2. The van der Waals surface area contributed by atoms with E-state index in [9.17, 15) is 4.79 Å². The third kappa shape index (κ3) is 3.90. The largest absolute Gasteiger partial charge is 0.282 e. The predicted octanol–water partition coefficient (Wildman–Crippen LogP) is 5.42. The lowest BCUT2D eigenvalue weighted by molar-refractivity contribution is 0.110. The molecule has 0 aliphatic heterocycles. The van der Waals surface area contributed by atoms with Crippen LogP contribution in [0, 0.1) is 0 Å². The smallest absolute Gasteiger partial charge is 0.222 e. The van der Waals surface area contributed by atoms with Crippen molar-refractivity contribution >= 4 is 26.4 Å². The van der Waals surface area contributed by atoms with Gasteiger partial charge in [-0.2, -0.15) is 0 Å². The van der Waals surface area contributed by atoms with E-state index in [-0.39, 0.29) is 3.79 Å². The van der Waals surface area contributed by atoms with Gasteiger partial charge < -0.3 is 0 Å². The van der Waals surface area contributed by atoms with E-state index in [1.54, 1.807) is 34.7 Å². The number of rotatable bonds is 3. The number of hydrogen-bond acceptors (Lipinski definition) is 1. The van der Waals surface area contributed by atoms with Crippen LogP contribution in [0.3, 0.4) is 0 Å². The van der Waals surface area contributed by atoms with E-state index in [1.165, 1.54) is 6.42 Å². The van der Waals surface area contributed by atoms with E-state index in [1.807, 2.05) is 19.1 Å². The molecular weight excluding hydrogens is 366 g/mol. The van der Waals surface area contributed by atoms with Gasteiger partial charge >= 0.3 is 0 Å². The van der Waals surface area contributed by atoms with Crippen LogP contribution in [0.25, 0.3) is 0 Å². The van der Waals surface area contributed by atoms with Crippen molar-refractivity contribution in [1.29, 1.82) is 0 Å². The van der Waals surface area contributed by atoms with E-state index in [4.69, 9.17) is 0 Å². The van der Waals surface area contributed by atoms with Crippen molar-refractivity contribution < 1.29 is 9.18 Å². The zero-order chi connectivity index (χ0) is 14.6. The van der Waals surface area contributed by atoms with Crippen molar-refractivity contribution in [2.24, 2.45) is 0 Å². The molecule has 0 heterocycles. The Kier molecular flexibility index (Phi) is 5.35. The summed E-state index contributed by atoms with van der Waals surface area (Å²) in [4.78, 5) is 11.2. The molecule has 1 aliphatic carbocycles. The SMILES string of the molecule is C/C1=C/CCCCCC1(F)Cc1ccc(C(=O)I)cc1. The summed E-state index contributed by atoms with van der Waals surface area (Å²) >= 11 is 1.77. The molecular formula is C17H20FIO. The fourth-order valence-electron chi connectivity index (χ4n) is 2.73. The van der Waals surface area contributed by atoms with Gasteiger partial charge in [0.2, 0.25) is 3.79 Å². The van der Waals surface area contributed by atoms with Crippen LogP contribution in [0.15, 0.2) is 35.9 Å². The number of benzene rings is 1. The van der Waals surface area contributed by atoms with E-state index in [0.29, 0.717) is 18.4 Å². The molecule has 1 aromatic rings. The summed E-state index contributed by atoms with van der Waals surface area (Å²) in [6, 6.07) is 7.32. The Labute approximate surface area is 133 Å². The van der Waals surface area contributed by atoms with Gasteiger partial charge in [-0.25, -0.2) is 4.39 Å². The molecule has 1 unspecified atom stereocenters. The van der Waals surface area contributed by atoms with Gasteiger partial charge in [0.25, 0.3) is 0 Å². The van der Waals surface area contributed by atoms with Gasteiger partial charge in [-0.15, -0.1) is 0 Å². The molecule has 0 radical (unpaired) electrons. The van der Waals surface area contributed by atoms with Gasteiger partial charge in [-0.05, 0) is 43.7 Å². The van der Waals surface area contributed by atoms with Crippen LogP contribution in [0.5, 0.6) is 0 Å². The number of carbonyl (C=O) groups is 1. The van der Waals surface area contributed by atoms with Crippen LogP contribution in [-0.2, 0) is 6.42 Å². The minimum atomic E-state index is -1.23. The molecule has 0 fully saturated rings. The van der Waals surface area contributed by atoms with Crippen molar-refractivity contribution in [2.45, 2.75) is 51.1 Å². The Morgan fingerprint density at radius 3 is 2.60 bits per heavy atom. The average Bonchev–Trinajstić information content (AvgIpc) is 2.41. The first-order valence-electron chi connectivity index (χ1n) is 7.16. The highest BCUT2D eigenvalue weighted by molar-refractivity contribution is 14.1. The summed E-state index contributed by atoms with van der Waals surface area (Å²) in [6.45, 7) is 1.91. The lowest BCUT2D eigenvalue weighted by Gasteiger charge is -2.28. The molecule has 0 aromatic heterocycles. The third-order valence-corrected chi connectivity index (χ3v) is 4.72. The van der Waals surface area contributed by atoms with Gasteiger partial charge in [0.15, 0.2) is 0 Å². The van der Waals surface area contributed by atoms with E-state index in [0.717, 1.165) is 30.4 Å². The molecule has 0 amide bonds. The fraction of sp³-hybridized carbons (Fsp3) is 0.471. The molecule has 1 aliphatic rings. The highest BCUT2D eigenvalue weighted by Crippen LogP contribution is 2.34. The number of carbonyl (C=O) groups excluding carboxylic acids is 1. The topological polar surface area (TPSA) is 17.1 Å². The van der Waals surface area contributed by atoms with Gasteiger partial charge in [0.1, 0.15) is 5.67 Å². The van der Waals surface area contributed by atoms with E-state index < -0.39 is 5.67 Å². The second-order valence-electron chi connectivity index (χ2n) is 5.60. The summed E-state index contributed by atoms with van der Waals surface area (Å²) in [7, 11) is 0. The second kappa shape index (κ2) is 6.83. The van der Waals surface area contributed by atoms with Crippen molar-refractivity contribution in [3.05, 3.63) is 47.0 Å². The molecule has 3 heteroatoms. The molecule has 2 rings (SSSR count). The predicted molar refractivity (Wildman–Crippen MR) is 89.2 cm³/mol. The standard InChI is InChI=1S/C17H20FIO/c1-13-6-4-2-3-5-11-17(13,18)12-14-7-9-15(10-8-14)16(19)20/h6-10H,2-5,11-12H2,1H3/b13-6-. The van der Waals surface area contributed by atoms with Gasteiger partial charge in [0.05, 0.1) is 0 Å². The molecule has 0 bridgehead atoms. The van der Waals surface area contributed by atoms with Gasteiger partial charge in [-0.1, -0.05) is 36.8 Å². The van der Waals surface area contributed by atoms with Crippen molar-refractivity contribution in [3.8, 4) is 0 Å². The number of hydrogen-bond donors (Lipinski definition) is 0. The zero-order valence-electron chi connectivity index (χ0n) is 11.8. The van der Waals surface area contributed by atoms with Crippen LogP contribution < -0.4 is 0 Å². The zero-order valence-corrected chi connectivity index (χ0v) is 14.0. The van der Waals surface area contributed by atoms with Gasteiger partial charge in [-0.3, -0.25) is 4.79 Å². The molecule has 1 nitrogen and oxygen atoms in total. The molecule has 1 aromatic carbocycles. The van der Waals surface area contributed by atoms with Crippen LogP contribution in [-0.4, -0.2) is 9.46 Å². The average molecular weight is 386 g/mol. The van der Waals surface area contributed by atoms with Crippen molar-refractivity contribution in [3.63, 3.8) is 0 Å². The van der Waals surface area contributed by atoms with Crippen LogP contribution in [0.2, 0.25) is 0 Å². The Morgan fingerprint density at radius 2 is 1.95 bits per heavy atom. The van der Waals surface area contributed by atoms with Crippen LogP contribution in [0.4, 0.5) is 4.39 Å². The maximum absolute atomic E-state index is 15.2. The summed E-state index contributed by atoms with van der Waals surface area (Å²) in [6.07, 6.45) is 7.28. The Balaban J connectivity index is 2.17. The summed E-state index contributed by atoms with van der Waals surface area (Å²) in [5.74, 6) is 0. The minimum absolute atomic E-state index is 0.0196. The minimum Gasteiger partial charge on any atom is -0.282 e. The Bertz CT molecular complexity index is 506. The molecule has 108 valence electrons. The van der Waals surface area contributed by atoms with Gasteiger partial charge in [0, 0.05) is 34.6 Å². The maximum Gasteiger partial charge on any atom is 0.222 e. The summed E-state index contributed by atoms with van der Waals surface area (Å²) in [5, 5.41) is 0. The Hall–Kier alpha value is -0.710. The Morgan fingerprint density at radius 1 is 1.25 bits per heavy atom. The lowest BCUT2D eigenvalue weighted by atomic mass is 9.82. The number of alkyl halides is 1. The first-order chi connectivity index (χ1) is 9.51. The third-order valence-electron chi connectivity index (χ3n) is 4.10. The second-order valence-corrected chi connectivity index (χ2v) is 6.58. The molecule has 0 saturated heterocycles. The summed E-state index contributed by atoms with van der Waals surface area (Å²) in [5.41, 5.74) is 1.27. The molecule has 0 saturated carbocycles. The van der Waals surface area contributed by atoms with Crippen LogP contribution >= 0.6 is 22.6 Å². The molecule has 20 heavy (non-hydrogen) atoms. The van der Waals surface area contributed by atoms with E-state index in [2.05, 4.69) is 6.08 Å². The molecule has 1 atom stereocenters. The molecule has 0 N–H and O–H groups in total. The summed E-state index contributed by atoms with van der Waals surface area (Å²) < 4.78 is 15.2. The number of allylic oxidation sites excluding steroid dienone is 2.